The van der Waals surface area contributed by atoms with E-state index in [1.165, 1.54) is 29.1 Å². The van der Waals surface area contributed by atoms with E-state index in [2.05, 4.69) is 19.1 Å². The van der Waals surface area contributed by atoms with E-state index in [0.717, 1.165) is 12.8 Å². The lowest BCUT2D eigenvalue weighted by Crippen LogP contribution is -2.05. The Morgan fingerprint density at radius 3 is 2.37 bits per heavy atom. The van der Waals surface area contributed by atoms with Crippen molar-refractivity contribution >= 4 is 51.0 Å². The predicted molar refractivity (Wildman–Crippen MR) is 92.5 cm³/mol. The van der Waals surface area contributed by atoms with Gasteiger partial charge in [-0.1, -0.05) is 56.1 Å². The van der Waals surface area contributed by atoms with Gasteiger partial charge in [0.1, 0.15) is 0 Å². The van der Waals surface area contributed by atoms with Crippen LogP contribution in [-0.2, 0) is 0 Å². The van der Waals surface area contributed by atoms with Gasteiger partial charge in [-0.05, 0) is 35.6 Å². The van der Waals surface area contributed by atoms with Crippen LogP contribution >= 0.6 is 45.0 Å². The molecular formula is C14H19Cl3SSi. The third-order valence-electron chi connectivity index (χ3n) is 2.59. The first kappa shape index (κ1) is 17.4. The van der Waals surface area contributed by atoms with Crippen molar-refractivity contribution in [3.8, 4) is 0 Å². The highest BCUT2D eigenvalue weighted by atomic mass is 35.8. The molecule has 0 heterocycles. The van der Waals surface area contributed by atoms with Crippen molar-refractivity contribution in [3.63, 3.8) is 0 Å². The summed E-state index contributed by atoms with van der Waals surface area (Å²) in [5.41, 5.74) is 1.88. The summed E-state index contributed by atoms with van der Waals surface area (Å²) >= 11 is 19.8. The topological polar surface area (TPSA) is 0 Å². The van der Waals surface area contributed by atoms with E-state index in [4.69, 9.17) is 33.2 Å². The van der Waals surface area contributed by atoms with Gasteiger partial charge in [-0.2, -0.15) is 0 Å². The van der Waals surface area contributed by atoms with Crippen LogP contribution in [0.3, 0.4) is 0 Å². The smallest absolute Gasteiger partial charge is 0.121 e. The summed E-state index contributed by atoms with van der Waals surface area (Å²) in [6.45, 7) is 2.21. The summed E-state index contributed by atoms with van der Waals surface area (Å²) in [6, 6.07) is 7.54. The molecule has 1 rings (SSSR count). The Morgan fingerprint density at radius 1 is 1.11 bits per heavy atom. The van der Waals surface area contributed by atoms with E-state index in [0.29, 0.717) is 0 Å². The van der Waals surface area contributed by atoms with Crippen LogP contribution in [0.5, 0.6) is 0 Å². The van der Waals surface area contributed by atoms with Gasteiger partial charge in [0.2, 0.25) is 0 Å². The van der Waals surface area contributed by atoms with Crippen molar-refractivity contribution in [2.45, 2.75) is 43.9 Å². The summed E-state index contributed by atoms with van der Waals surface area (Å²) in [5.74, 6) is 0. The maximum absolute atomic E-state index is 6.01. The normalized spacial score (nSPS) is 12.7. The second-order valence-corrected chi connectivity index (χ2v) is 14.1. The van der Waals surface area contributed by atoms with Crippen LogP contribution in [0, 0.1) is 0 Å². The van der Waals surface area contributed by atoms with Crippen LogP contribution in [0.1, 0.15) is 39.0 Å². The van der Waals surface area contributed by atoms with Gasteiger partial charge in [0.25, 0.3) is 0 Å². The van der Waals surface area contributed by atoms with Crippen molar-refractivity contribution in [1.82, 2.24) is 0 Å². The van der Waals surface area contributed by atoms with Crippen molar-refractivity contribution in [1.29, 1.82) is 0 Å². The van der Waals surface area contributed by atoms with Crippen molar-refractivity contribution in [2.75, 3.05) is 0 Å². The molecule has 0 N–H and O–H groups in total. The first-order chi connectivity index (χ1) is 9.01. The quantitative estimate of drug-likeness (QED) is 0.214. The molecule has 0 atom stereocenters. The zero-order valence-corrected chi connectivity index (χ0v) is 15.1. The van der Waals surface area contributed by atoms with Gasteiger partial charge in [-0.25, -0.2) is 0 Å². The number of allylic oxidation sites excluding steroid dienone is 1. The standard InChI is InChI=1S/C14H19Cl3SSi/c1-2-3-4-6-11-14(12-19(15,16)17)18-13-9-7-5-8-10-13/h5,7-10,12H,2-4,6,11H2,1H3/b14-12+. The summed E-state index contributed by atoms with van der Waals surface area (Å²) in [6.07, 6.45) is 5.91. The highest BCUT2D eigenvalue weighted by molar-refractivity contribution is 8.03. The largest absolute Gasteiger partial charge is 0.366 e. The number of hydrogen-bond acceptors (Lipinski definition) is 1. The molecule has 0 unspecified atom stereocenters. The average Bonchev–Trinajstić information content (AvgIpc) is 2.34. The number of unbranched alkanes of at least 4 members (excludes halogenated alkanes) is 3. The van der Waals surface area contributed by atoms with Crippen LogP contribution in [0.25, 0.3) is 0 Å². The molecule has 0 aliphatic carbocycles. The Labute approximate surface area is 135 Å². The summed E-state index contributed by atoms with van der Waals surface area (Å²) in [7, 11) is 0. The Bertz CT molecular complexity index is 387. The zero-order valence-electron chi connectivity index (χ0n) is 11.0. The molecule has 0 nitrogen and oxygen atoms in total. The summed E-state index contributed by atoms with van der Waals surface area (Å²) in [4.78, 5) is 2.39. The minimum Gasteiger partial charge on any atom is -0.121 e. The van der Waals surface area contributed by atoms with Gasteiger partial charge in [0.05, 0.1) is 0 Å². The van der Waals surface area contributed by atoms with Gasteiger partial charge in [0, 0.05) is 4.90 Å². The minimum absolute atomic E-state index is 1.00. The zero-order chi connectivity index (χ0) is 14.1. The van der Waals surface area contributed by atoms with E-state index >= 15 is 0 Å². The lowest BCUT2D eigenvalue weighted by Gasteiger charge is -2.10. The molecule has 0 aromatic heterocycles. The lowest BCUT2D eigenvalue weighted by molar-refractivity contribution is 0.672. The van der Waals surface area contributed by atoms with Gasteiger partial charge in [0.15, 0.2) is 0 Å². The highest BCUT2D eigenvalue weighted by Gasteiger charge is 2.22. The molecule has 0 aliphatic rings. The molecule has 1 aromatic rings. The maximum atomic E-state index is 6.01. The summed E-state index contributed by atoms with van der Waals surface area (Å²) < 4.78 is 0. The first-order valence-corrected chi connectivity index (χ1v) is 12.5. The van der Waals surface area contributed by atoms with Gasteiger partial charge in [-0.15, -0.1) is 33.2 Å². The third-order valence-corrected chi connectivity index (χ3v) is 5.55. The number of hydrogen-bond donors (Lipinski definition) is 0. The fraction of sp³-hybridized carbons (Fsp3) is 0.429. The van der Waals surface area contributed by atoms with Crippen molar-refractivity contribution in [2.24, 2.45) is 0 Å². The molecular weight excluding hydrogens is 335 g/mol. The Kier molecular flexibility index (Phi) is 8.59. The molecule has 0 bridgehead atoms. The molecule has 0 spiro atoms. The fourth-order valence-electron chi connectivity index (χ4n) is 1.70. The first-order valence-electron chi connectivity index (χ1n) is 6.52. The SMILES string of the molecule is CCCCCC/C(=C\[Si](Cl)(Cl)Cl)Sc1ccccc1. The van der Waals surface area contributed by atoms with Gasteiger partial charge in [-0.3, -0.25) is 0 Å². The van der Waals surface area contributed by atoms with Gasteiger partial charge < -0.3 is 0 Å². The monoisotopic (exact) mass is 352 g/mol. The van der Waals surface area contributed by atoms with Crippen molar-refractivity contribution < 1.29 is 0 Å². The van der Waals surface area contributed by atoms with E-state index in [-0.39, 0.29) is 0 Å². The van der Waals surface area contributed by atoms with Crippen molar-refractivity contribution in [3.05, 3.63) is 40.9 Å². The van der Waals surface area contributed by atoms with Crippen LogP contribution < -0.4 is 0 Å². The number of rotatable bonds is 8. The summed E-state index contributed by atoms with van der Waals surface area (Å²) in [5, 5.41) is 0. The minimum atomic E-state index is -2.71. The Balaban J connectivity index is 2.62. The van der Waals surface area contributed by atoms with Gasteiger partial charge >= 0.3 is 6.00 Å². The van der Waals surface area contributed by atoms with Crippen LogP contribution in [-0.4, -0.2) is 6.00 Å². The molecule has 0 saturated carbocycles. The van der Waals surface area contributed by atoms with Crippen LogP contribution in [0.15, 0.2) is 45.8 Å². The highest BCUT2D eigenvalue weighted by Crippen LogP contribution is 2.34. The molecule has 0 fully saturated rings. The molecule has 5 heteroatoms. The molecule has 0 radical (unpaired) electrons. The molecule has 19 heavy (non-hydrogen) atoms. The second kappa shape index (κ2) is 9.35. The van der Waals surface area contributed by atoms with Crippen LogP contribution in [0.4, 0.5) is 0 Å². The molecule has 0 aliphatic heterocycles. The third kappa shape index (κ3) is 9.04. The molecule has 0 saturated heterocycles. The second-order valence-electron chi connectivity index (χ2n) is 4.38. The number of halogens is 3. The van der Waals surface area contributed by atoms with E-state index in [1.54, 1.807) is 11.8 Å². The Morgan fingerprint density at radius 2 is 1.79 bits per heavy atom. The molecule has 106 valence electrons. The lowest BCUT2D eigenvalue weighted by atomic mass is 10.1. The Hall–Kier alpha value is 0.397. The number of benzene rings is 1. The maximum Gasteiger partial charge on any atom is 0.366 e. The fourth-order valence-corrected chi connectivity index (χ4v) is 5.59. The van der Waals surface area contributed by atoms with Crippen LogP contribution in [0.2, 0.25) is 0 Å². The molecule has 0 amide bonds. The van der Waals surface area contributed by atoms with E-state index in [9.17, 15) is 0 Å². The number of thioether (sulfide) groups is 1. The predicted octanol–water partition coefficient (Wildman–Crippen LogP) is 6.83. The van der Waals surface area contributed by atoms with E-state index in [1.807, 2.05) is 23.9 Å². The van der Waals surface area contributed by atoms with E-state index < -0.39 is 6.00 Å². The average molecular weight is 354 g/mol. The molecule has 1 aromatic carbocycles.